The number of furan rings is 1. The maximum Gasteiger partial charge on any atom is 0.342 e. The number of amides is 1. The molecule has 6 heteroatoms. The second-order valence-corrected chi connectivity index (χ2v) is 6.04. The van der Waals surface area contributed by atoms with E-state index >= 15 is 0 Å². The minimum atomic E-state index is -0.950. The third kappa shape index (κ3) is 3.39. The van der Waals surface area contributed by atoms with Crippen LogP contribution in [-0.2, 0) is 9.53 Å². The van der Waals surface area contributed by atoms with E-state index in [1.165, 1.54) is 24.2 Å². The van der Waals surface area contributed by atoms with E-state index in [2.05, 4.69) is 6.07 Å². The van der Waals surface area contributed by atoms with Gasteiger partial charge in [-0.2, -0.15) is 5.26 Å². The molecule has 2 rings (SSSR count). The second-order valence-electron chi connectivity index (χ2n) is 6.04. The lowest BCUT2D eigenvalue weighted by molar-refractivity contribution is -0.143. The van der Waals surface area contributed by atoms with Gasteiger partial charge in [0.15, 0.2) is 6.10 Å². The molecule has 124 valence electrons. The fourth-order valence-corrected chi connectivity index (χ4v) is 3.01. The Morgan fingerprint density at radius 3 is 2.57 bits per heavy atom. The molecule has 1 aromatic heterocycles. The highest BCUT2D eigenvalue weighted by molar-refractivity contribution is 5.93. The molecule has 1 aromatic rings. The Balaban J connectivity index is 2.05. The first-order valence-electron chi connectivity index (χ1n) is 7.85. The van der Waals surface area contributed by atoms with Crippen molar-refractivity contribution >= 4 is 11.9 Å². The zero-order valence-corrected chi connectivity index (χ0v) is 13.8. The van der Waals surface area contributed by atoms with Crippen molar-refractivity contribution < 1.29 is 18.7 Å². The second kappa shape index (κ2) is 6.86. The zero-order valence-electron chi connectivity index (χ0n) is 13.8. The smallest absolute Gasteiger partial charge is 0.342 e. The van der Waals surface area contributed by atoms with Crippen molar-refractivity contribution in [3.63, 3.8) is 0 Å². The number of ether oxygens (including phenoxy) is 1. The highest BCUT2D eigenvalue weighted by atomic mass is 16.5. The van der Waals surface area contributed by atoms with Crippen molar-refractivity contribution in [2.75, 3.05) is 7.05 Å². The lowest BCUT2D eigenvalue weighted by Crippen LogP contribution is -2.53. The van der Waals surface area contributed by atoms with Crippen LogP contribution in [-0.4, -0.2) is 35.5 Å². The van der Waals surface area contributed by atoms with E-state index in [0.29, 0.717) is 24.2 Å². The largest absolute Gasteiger partial charge is 0.469 e. The number of nitriles is 1. The van der Waals surface area contributed by atoms with Crippen LogP contribution in [0.5, 0.6) is 0 Å². The van der Waals surface area contributed by atoms with Gasteiger partial charge in [-0.25, -0.2) is 4.79 Å². The van der Waals surface area contributed by atoms with Gasteiger partial charge in [0.25, 0.3) is 5.91 Å². The average molecular weight is 318 g/mol. The predicted octanol–water partition coefficient (Wildman–Crippen LogP) is 2.82. The van der Waals surface area contributed by atoms with Crippen molar-refractivity contribution in [1.82, 2.24) is 4.90 Å². The molecule has 1 aliphatic carbocycles. The number of rotatable bonds is 4. The topological polar surface area (TPSA) is 83.5 Å². The zero-order chi connectivity index (χ0) is 17.0. The molecule has 0 saturated heterocycles. The molecule has 0 N–H and O–H groups in total. The maximum atomic E-state index is 12.6. The fourth-order valence-electron chi connectivity index (χ4n) is 3.01. The van der Waals surface area contributed by atoms with Gasteiger partial charge in [-0.1, -0.05) is 19.3 Å². The highest BCUT2D eigenvalue weighted by Gasteiger charge is 2.40. The summed E-state index contributed by atoms with van der Waals surface area (Å²) < 4.78 is 10.3. The molecule has 1 heterocycles. The summed E-state index contributed by atoms with van der Waals surface area (Å²) in [5.74, 6) is -0.508. The minimum absolute atomic E-state index is 0.306. The summed E-state index contributed by atoms with van der Waals surface area (Å²) in [6, 6.07) is 3.80. The van der Waals surface area contributed by atoms with E-state index in [-0.39, 0.29) is 5.91 Å². The Hall–Kier alpha value is -2.29. The third-order valence-electron chi connectivity index (χ3n) is 4.57. The molecule has 1 saturated carbocycles. The van der Waals surface area contributed by atoms with Gasteiger partial charge in [0.2, 0.25) is 0 Å². The molecule has 1 fully saturated rings. The summed E-state index contributed by atoms with van der Waals surface area (Å²) in [4.78, 5) is 26.1. The number of aryl methyl sites for hydroxylation is 1. The van der Waals surface area contributed by atoms with Crippen molar-refractivity contribution in [1.29, 1.82) is 5.26 Å². The number of esters is 1. The van der Waals surface area contributed by atoms with E-state index < -0.39 is 17.6 Å². The Morgan fingerprint density at radius 2 is 2.04 bits per heavy atom. The van der Waals surface area contributed by atoms with E-state index in [1.54, 1.807) is 14.0 Å². The summed E-state index contributed by atoms with van der Waals surface area (Å²) in [5, 5.41) is 9.55. The standard InChI is InChI=1S/C17H22N2O4/c1-12-14(7-10-22-12)16(21)23-13(2)15(20)19(3)17(11-18)8-5-4-6-9-17/h7,10,13H,4-6,8-9H2,1-3H3/t13-/m1/s1. The lowest BCUT2D eigenvalue weighted by atomic mass is 9.81. The van der Waals surface area contributed by atoms with Crippen molar-refractivity contribution in [3.8, 4) is 6.07 Å². The fraction of sp³-hybridized carbons (Fsp3) is 0.588. The minimum Gasteiger partial charge on any atom is -0.469 e. The van der Waals surface area contributed by atoms with Crippen LogP contribution in [0.15, 0.2) is 16.7 Å². The molecule has 0 aliphatic heterocycles. The quantitative estimate of drug-likeness (QED) is 0.797. The Morgan fingerprint density at radius 1 is 1.39 bits per heavy atom. The molecular weight excluding hydrogens is 296 g/mol. The van der Waals surface area contributed by atoms with E-state index in [1.807, 2.05) is 0 Å². The maximum absolute atomic E-state index is 12.6. The molecular formula is C17H22N2O4. The normalized spacial score (nSPS) is 17.8. The Labute approximate surface area is 136 Å². The first-order valence-corrected chi connectivity index (χ1v) is 7.85. The van der Waals surface area contributed by atoms with Gasteiger partial charge < -0.3 is 14.1 Å². The molecule has 6 nitrogen and oxygen atoms in total. The van der Waals surface area contributed by atoms with Gasteiger partial charge in [-0.15, -0.1) is 0 Å². The summed E-state index contributed by atoms with van der Waals surface area (Å²) in [6.07, 6.45) is 4.70. The molecule has 0 aromatic carbocycles. The van der Waals surface area contributed by atoms with Crippen molar-refractivity contribution in [2.24, 2.45) is 0 Å². The van der Waals surface area contributed by atoms with Gasteiger partial charge in [-0.3, -0.25) is 4.79 Å². The van der Waals surface area contributed by atoms with Gasteiger partial charge in [0.05, 0.1) is 12.3 Å². The number of hydrogen-bond acceptors (Lipinski definition) is 5. The predicted molar refractivity (Wildman–Crippen MR) is 82.5 cm³/mol. The molecule has 0 spiro atoms. The van der Waals surface area contributed by atoms with Crippen LogP contribution >= 0.6 is 0 Å². The third-order valence-corrected chi connectivity index (χ3v) is 4.57. The Kier molecular flexibility index (Phi) is 5.09. The monoisotopic (exact) mass is 318 g/mol. The number of carbonyl (C=O) groups excluding carboxylic acids is 2. The van der Waals surface area contributed by atoms with Crippen LogP contribution in [0.2, 0.25) is 0 Å². The molecule has 1 amide bonds. The summed E-state index contributed by atoms with van der Waals surface area (Å²) in [5.41, 5.74) is -0.485. The van der Waals surface area contributed by atoms with Crippen LogP contribution in [0.3, 0.4) is 0 Å². The molecule has 1 atom stereocenters. The van der Waals surface area contributed by atoms with Crippen LogP contribution in [0.25, 0.3) is 0 Å². The van der Waals surface area contributed by atoms with Gasteiger partial charge in [0.1, 0.15) is 16.9 Å². The highest BCUT2D eigenvalue weighted by Crippen LogP contribution is 2.33. The number of carbonyl (C=O) groups is 2. The van der Waals surface area contributed by atoms with Crippen LogP contribution in [0.4, 0.5) is 0 Å². The number of nitrogens with zero attached hydrogens (tertiary/aromatic N) is 2. The lowest BCUT2D eigenvalue weighted by Gasteiger charge is -2.39. The van der Waals surface area contributed by atoms with Crippen LogP contribution in [0.1, 0.15) is 55.1 Å². The van der Waals surface area contributed by atoms with Crippen molar-refractivity contribution in [3.05, 3.63) is 23.7 Å². The summed E-state index contributed by atoms with van der Waals surface area (Å²) in [7, 11) is 1.62. The first-order chi connectivity index (χ1) is 10.9. The van der Waals surface area contributed by atoms with Gasteiger partial charge >= 0.3 is 5.97 Å². The summed E-state index contributed by atoms with van der Waals surface area (Å²) >= 11 is 0. The van der Waals surface area contributed by atoms with Crippen molar-refractivity contribution in [2.45, 2.75) is 57.6 Å². The van der Waals surface area contributed by atoms with Crippen LogP contribution in [0, 0.1) is 18.3 Å². The van der Waals surface area contributed by atoms with Gasteiger partial charge in [-0.05, 0) is 32.8 Å². The van der Waals surface area contributed by atoms with E-state index in [9.17, 15) is 14.9 Å². The number of likely N-dealkylation sites (N-methyl/N-ethyl adjacent to an activating group) is 1. The Bertz CT molecular complexity index is 623. The molecule has 0 radical (unpaired) electrons. The van der Waals surface area contributed by atoms with Crippen LogP contribution < -0.4 is 0 Å². The van der Waals surface area contributed by atoms with E-state index in [0.717, 1.165) is 19.3 Å². The first kappa shape index (κ1) is 17.1. The molecule has 1 aliphatic rings. The molecule has 23 heavy (non-hydrogen) atoms. The SMILES string of the molecule is Cc1occc1C(=O)O[C@H](C)C(=O)N(C)C1(C#N)CCCCC1. The molecule has 0 unspecified atom stereocenters. The summed E-state index contributed by atoms with van der Waals surface area (Å²) in [6.45, 7) is 3.18. The molecule has 0 bridgehead atoms. The van der Waals surface area contributed by atoms with Gasteiger partial charge in [0, 0.05) is 7.05 Å². The number of hydrogen-bond donors (Lipinski definition) is 0. The van der Waals surface area contributed by atoms with E-state index in [4.69, 9.17) is 9.15 Å². The average Bonchev–Trinajstić information content (AvgIpc) is 3.00.